The summed E-state index contributed by atoms with van der Waals surface area (Å²) in [6, 6.07) is 0.736. The number of rotatable bonds is 4. The van der Waals surface area contributed by atoms with Gasteiger partial charge in [-0.1, -0.05) is 6.08 Å². The van der Waals surface area contributed by atoms with Gasteiger partial charge in [0.15, 0.2) is 0 Å². The van der Waals surface area contributed by atoms with Crippen LogP contribution in [0.2, 0.25) is 0 Å². The molecule has 3 rings (SSSR count). The predicted molar refractivity (Wildman–Crippen MR) is 69.1 cm³/mol. The van der Waals surface area contributed by atoms with E-state index in [2.05, 4.69) is 6.58 Å². The first-order valence-electron chi connectivity index (χ1n) is 5.85. The SMILES string of the molecule is C=CCON1C(=O)N2C[C@@H]1c1ccsc1[C@H]2C(N)=O. The Balaban J connectivity index is 2.02. The van der Waals surface area contributed by atoms with Crippen LogP contribution in [0.25, 0.3) is 0 Å². The molecule has 6 nitrogen and oxygen atoms in total. The summed E-state index contributed by atoms with van der Waals surface area (Å²) in [5.41, 5.74) is 6.38. The molecule has 2 atom stereocenters. The van der Waals surface area contributed by atoms with Gasteiger partial charge in [0.2, 0.25) is 5.91 Å². The van der Waals surface area contributed by atoms with Gasteiger partial charge in [0.05, 0.1) is 13.2 Å². The highest BCUT2D eigenvalue weighted by Crippen LogP contribution is 2.45. The summed E-state index contributed by atoms with van der Waals surface area (Å²) in [5, 5.41) is 3.22. The van der Waals surface area contributed by atoms with E-state index in [1.165, 1.54) is 21.3 Å². The molecule has 2 aliphatic heterocycles. The molecule has 2 bridgehead atoms. The van der Waals surface area contributed by atoms with Crippen molar-refractivity contribution in [2.24, 2.45) is 5.73 Å². The van der Waals surface area contributed by atoms with Crippen molar-refractivity contribution < 1.29 is 14.4 Å². The zero-order chi connectivity index (χ0) is 13.6. The molecule has 3 heterocycles. The average Bonchev–Trinajstić information content (AvgIpc) is 2.94. The molecule has 1 saturated heterocycles. The molecule has 7 heteroatoms. The van der Waals surface area contributed by atoms with E-state index >= 15 is 0 Å². The Morgan fingerprint density at radius 3 is 3.16 bits per heavy atom. The van der Waals surface area contributed by atoms with Crippen LogP contribution in [0.15, 0.2) is 24.1 Å². The number of hydrogen-bond donors (Lipinski definition) is 1. The molecule has 2 N–H and O–H groups in total. The zero-order valence-electron chi connectivity index (χ0n) is 10.1. The molecule has 0 radical (unpaired) electrons. The first-order chi connectivity index (χ1) is 9.15. The van der Waals surface area contributed by atoms with Crippen LogP contribution in [0.3, 0.4) is 0 Å². The highest BCUT2D eigenvalue weighted by molar-refractivity contribution is 7.10. The molecule has 0 saturated carbocycles. The van der Waals surface area contributed by atoms with Gasteiger partial charge in [0.25, 0.3) is 0 Å². The van der Waals surface area contributed by atoms with Crippen LogP contribution in [-0.4, -0.2) is 35.1 Å². The second-order valence-electron chi connectivity index (χ2n) is 4.41. The van der Waals surface area contributed by atoms with E-state index in [1.807, 2.05) is 11.4 Å². The lowest BCUT2D eigenvalue weighted by Gasteiger charge is -2.28. The van der Waals surface area contributed by atoms with E-state index in [0.717, 1.165) is 10.4 Å². The summed E-state index contributed by atoms with van der Waals surface area (Å²) >= 11 is 1.44. The van der Waals surface area contributed by atoms with E-state index in [0.29, 0.717) is 6.54 Å². The van der Waals surface area contributed by atoms with Gasteiger partial charge in [-0.25, -0.2) is 4.79 Å². The number of primary amides is 1. The van der Waals surface area contributed by atoms with Crippen molar-refractivity contribution in [3.8, 4) is 0 Å². The van der Waals surface area contributed by atoms with E-state index in [1.54, 1.807) is 6.08 Å². The third-order valence-electron chi connectivity index (χ3n) is 3.33. The van der Waals surface area contributed by atoms with Gasteiger partial charge in [-0.15, -0.1) is 17.9 Å². The minimum absolute atomic E-state index is 0.177. The van der Waals surface area contributed by atoms with Crippen molar-refractivity contribution in [3.63, 3.8) is 0 Å². The number of thiophene rings is 1. The van der Waals surface area contributed by atoms with Gasteiger partial charge in [-0.2, -0.15) is 5.06 Å². The molecular formula is C12H13N3O3S. The Kier molecular flexibility index (Phi) is 2.79. The summed E-state index contributed by atoms with van der Waals surface area (Å²) in [5.74, 6) is -0.513. The molecule has 0 aliphatic carbocycles. The third kappa shape index (κ3) is 1.66. The summed E-state index contributed by atoms with van der Waals surface area (Å²) < 4.78 is 0. The first-order valence-corrected chi connectivity index (χ1v) is 6.73. The fourth-order valence-corrected chi connectivity index (χ4v) is 3.64. The van der Waals surface area contributed by atoms with Gasteiger partial charge < -0.3 is 10.6 Å². The minimum Gasteiger partial charge on any atom is -0.368 e. The number of hydrogen-bond acceptors (Lipinski definition) is 4. The smallest absolute Gasteiger partial charge is 0.345 e. The maximum atomic E-state index is 12.3. The lowest BCUT2D eigenvalue weighted by atomic mass is 9.99. The normalized spacial score (nSPS) is 24.5. The highest BCUT2D eigenvalue weighted by Gasteiger charge is 2.50. The first kappa shape index (κ1) is 12.2. The van der Waals surface area contributed by atoms with Crippen molar-refractivity contribution in [2.75, 3.05) is 13.2 Å². The molecule has 0 aromatic carbocycles. The molecule has 19 heavy (non-hydrogen) atoms. The Morgan fingerprint density at radius 1 is 1.68 bits per heavy atom. The maximum absolute atomic E-state index is 12.3. The lowest BCUT2D eigenvalue weighted by Crippen LogP contribution is -2.40. The van der Waals surface area contributed by atoms with E-state index in [-0.39, 0.29) is 18.7 Å². The van der Waals surface area contributed by atoms with Gasteiger partial charge in [-0.05, 0) is 17.0 Å². The fraction of sp³-hybridized carbons (Fsp3) is 0.333. The van der Waals surface area contributed by atoms with Gasteiger partial charge >= 0.3 is 6.03 Å². The molecule has 0 spiro atoms. The number of nitrogens with zero attached hydrogens (tertiary/aromatic N) is 2. The van der Waals surface area contributed by atoms with Gasteiger partial charge in [-0.3, -0.25) is 9.63 Å². The van der Waals surface area contributed by atoms with Crippen LogP contribution < -0.4 is 5.73 Å². The molecule has 1 aromatic heterocycles. The summed E-state index contributed by atoms with van der Waals surface area (Å²) in [7, 11) is 0. The highest BCUT2D eigenvalue weighted by atomic mass is 32.1. The Morgan fingerprint density at radius 2 is 2.47 bits per heavy atom. The monoisotopic (exact) mass is 279 g/mol. The van der Waals surface area contributed by atoms with Crippen LogP contribution in [0.5, 0.6) is 0 Å². The zero-order valence-corrected chi connectivity index (χ0v) is 10.9. The predicted octanol–water partition coefficient (Wildman–Crippen LogP) is 1.18. The standard InChI is InChI=1S/C12H13N3O3S/c1-2-4-18-15-8-6-14(12(15)17)9(11(13)16)10-7(8)3-5-19-10/h2-3,5,8-9H,1,4,6H2,(H2,13,16)/t8-,9+/m1/s1. The average molecular weight is 279 g/mol. The molecule has 2 aliphatic rings. The number of urea groups is 1. The number of carbonyl (C=O) groups is 2. The van der Waals surface area contributed by atoms with Crippen molar-refractivity contribution in [3.05, 3.63) is 34.5 Å². The van der Waals surface area contributed by atoms with Crippen LogP contribution >= 0.6 is 11.3 Å². The van der Waals surface area contributed by atoms with Crippen molar-refractivity contribution in [1.82, 2.24) is 9.96 Å². The Hall–Kier alpha value is -1.86. The molecule has 100 valence electrons. The Bertz CT molecular complexity index is 556. The summed E-state index contributed by atoms with van der Waals surface area (Å²) in [6.45, 7) is 4.23. The maximum Gasteiger partial charge on any atom is 0.345 e. The summed E-state index contributed by atoms with van der Waals surface area (Å²) in [4.78, 5) is 31.6. The van der Waals surface area contributed by atoms with E-state index in [9.17, 15) is 9.59 Å². The van der Waals surface area contributed by atoms with E-state index in [4.69, 9.17) is 10.6 Å². The topological polar surface area (TPSA) is 75.9 Å². The number of amides is 3. The number of nitrogens with two attached hydrogens (primary N) is 1. The quantitative estimate of drug-likeness (QED) is 0.841. The van der Waals surface area contributed by atoms with Crippen molar-refractivity contribution in [2.45, 2.75) is 12.1 Å². The molecule has 3 amide bonds. The van der Waals surface area contributed by atoms with Gasteiger partial charge in [0, 0.05) is 4.88 Å². The third-order valence-corrected chi connectivity index (χ3v) is 4.32. The van der Waals surface area contributed by atoms with Crippen LogP contribution in [0.1, 0.15) is 22.5 Å². The van der Waals surface area contributed by atoms with Gasteiger partial charge in [0.1, 0.15) is 12.1 Å². The second kappa shape index (κ2) is 4.36. The fourth-order valence-electron chi connectivity index (χ4n) is 2.57. The largest absolute Gasteiger partial charge is 0.368 e. The van der Waals surface area contributed by atoms with Crippen molar-refractivity contribution in [1.29, 1.82) is 0 Å². The van der Waals surface area contributed by atoms with Crippen LogP contribution in [0, 0.1) is 0 Å². The molecule has 0 unspecified atom stereocenters. The minimum atomic E-state index is -0.684. The van der Waals surface area contributed by atoms with Crippen molar-refractivity contribution >= 4 is 23.3 Å². The number of fused-ring (bicyclic) bond motifs is 4. The molecular weight excluding hydrogens is 266 g/mol. The Labute approximate surface area is 114 Å². The van der Waals surface area contributed by atoms with E-state index < -0.39 is 11.9 Å². The lowest BCUT2D eigenvalue weighted by molar-refractivity contribution is -0.122. The van der Waals surface area contributed by atoms with Crippen LogP contribution in [0.4, 0.5) is 4.79 Å². The number of hydroxylamine groups is 2. The summed E-state index contributed by atoms with van der Waals surface area (Å²) in [6.07, 6.45) is 1.57. The second-order valence-corrected chi connectivity index (χ2v) is 5.35. The van der Waals surface area contributed by atoms with Crippen LogP contribution in [-0.2, 0) is 9.63 Å². The number of carbonyl (C=O) groups excluding carboxylic acids is 2. The molecule has 1 aromatic rings. The molecule has 1 fully saturated rings.